The van der Waals surface area contributed by atoms with Crippen molar-refractivity contribution in [3.63, 3.8) is 0 Å². The van der Waals surface area contributed by atoms with E-state index >= 15 is 0 Å². The van der Waals surface area contributed by atoms with Crippen molar-refractivity contribution in [2.45, 2.75) is 0 Å². The van der Waals surface area contributed by atoms with Gasteiger partial charge in [-0.25, -0.2) is 4.79 Å². The predicted molar refractivity (Wildman–Crippen MR) is 49.8 cm³/mol. The average Bonchev–Trinajstić information content (AvgIpc) is 1.99. The molecule has 0 saturated carbocycles. The zero-order chi connectivity index (χ0) is 9.84. The van der Waals surface area contributed by atoms with Gasteiger partial charge in [0.15, 0.2) is 0 Å². The highest BCUT2D eigenvalue weighted by atomic mass is 35.5. The van der Waals surface area contributed by atoms with Gasteiger partial charge in [-0.1, -0.05) is 11.6 Å². The van der Waals surface area contributed by atoms with Crippen LogP contribution >= 0.6 is 11.6 Å². The summed E-state index contributed by atoms with van der Waals surface area (Å²) in [6, 6.07) is 4.35. The van der Waals surface area contributed by atoms with Crippen LogP contribution in [0.1, 0.15) is 5.56 Å². The Morgan fingerprint density at radius 2 is 2.08 bits per heavy atom. The molecule has 1 rings (SSSR count). The quantitative estimate of drug-likeness (QED) is 0.716. The van der Waals surface area contributed by atoms with Crippen molar-refractivity contribution in [2.24, 2.45) is 0 Å². The number of benzene rings is 1. The number of halogens is 1. The number of aliphatic carboxylic acids is 1. The molecule has 0 aromatic heterocycles. The van der Waals surface area contributed by atoms with Gasteiger partial charge in [-0.2, -0.15) is 0 Å². The highest BCUT2D eigenvalue weighted by Gasteiger charge is 1.95. The first-order chi connectivity index (χ1) is 6.08. The number of hydrogen-bond donors (Lipinski definition) is 2. The molecule has 0 atom stereocenters. The van der Waals surface area contributed by atoms with Crippen molar-refractivity contribution in [1.82, 2.24) is 0 Å². The van der Waals surface area contributed by atoms with Crippen LogP contribution in [0.3, 0.4) is 0 Å². The summed E-state index contributed by atoms with van der Waals surface area (Å²) in [5.74, 6) is -1.03. The molecule has 0 fully saturated rings. The standard InChI is InChI=1S/C9H7ClO3/c10-7-3-6(1-2-9(12)13)4-8(11)5-7/h1-5,11H,(H,12,13). The van der Waals surface area contributed by atoms with E-state index in [0.717, 1.165) is 6.08 Å². The topological polar surface area (TPSA) is 57.5 Å². The molecule has 0 heterocycles. The van der Waals surface area contributed by atoms with Crippen molar-refractivity contribution in [3.05, 3.63) is 34.9 Å². The predicted octanol–water partition coefficient (Wildman–Crippen LogP) is 2.14. The fourth-order valence-electron chi connectivity index (χ4n) is 0.860. The van der Waals surface area contributed by atoms with Crippen LogP contribution in [0.4, 0.5) is 0 Å². The number of phenolic OH excluding ortho intramolecular Hbond substituents is 1. The molecule has 1 aromatic rings. The van der Waals surface area contributed by atoms with Gasteiger partial charge in [0.25, 0.3) is 0 Å². The maximum Gasteiger partial charge on any atom is 0.328 e. The van der Waals surface area contributed by atoms with E-state index < -0.39 is 5.97 Å². The third-order valence-corrected chi connectivity index (χ3v) is 1.54. The molecule has 68 valence electrons. The highest BCUT2D eigenvalue weighted by Crippen LogP contribution is 2.20. The maximum absolute atomic E-state index is 10.2. The Hall–Kier alpha value is -1.48. The van der Waals surface area contributed by atoms with Crippen LogP contribution in [0.2, 0.25) is 5.02 Å². The van der Waals surface area contributed by atoms with E-state index in [2.05, 4.69) is 0 Å². The van der Waals surface area contributed by atoms with Gasteiger partial charge in [0.1, 0.15) is 5.75 Å². The number of carboxylic acid groups (broad SMARTS) is 1. The lowest BCUT2D eigenvalue weighted by Gasteiger charge is -1.96. The summed E-state index contributed by atoms with van der Waals surface area (Å²) in [5.41, 5.74) is 0.549. The fraction of sp³-hybridized carbons (Fsp3) is 0. The first-order valence-electron chi connectivity index (χ1n) is 3.48. The zero-order valence-electron chi connectivity index (χ0n) is 6.57. The van der Waals surface area contributed by atoms with Crippen LogP contribution in [0, 0.1) is 0 Å². The van der Waals surface area contributed by atoms with Crippen LogP contribution in [-0.4, -0.2) is 16.2 Å². The van der Waals surface area contributed by atoms with Gasteiger partial charge in [0, 0.05) is 11.1 Å². The van der Waals surface area contributed by atoms with Gasteiger partial charge in [0.2, 0.25) is 0 Å². The lowest BCUT2D eigenvalue weighted by atomic mass is 10.2. The second kappa shape index (κ2) is 3.96. The zero-order valence-corrected chi connectivity index (χ0v) is 7.32. The van der Waals surface area contributed by atoms with Crippen molar-refractivity contribution in [3.8, 4) is 5.75 Å². The maximum atomic E-state index is 10.2. The van der Waals surface area contributed by atoms with Gasteiger partial charge in [-0.05, 0) is 29.8 Å². The summed E-state index contributed by atoms with van der Waals surface area (Å²) in [6.07, 6.45) is 2.33. The Bertz CT molecular complexity index is 338. The van der Waals surface area contributed by atoms with Crippen LogP contribution in [0.15, 0.2) is 24.3 Å². The molecule has 0 spiro atoms. The minimum Gasteiger partial charge on any atom is -0.508 e. The van der Waals surface area contributed by atoms with Crippen LogP contribution < -0.4 is 0 Å². The first kappa shape index (κ1) is 9.61. The third kappa shape index (κ3) is 3.17. The molecule has 0 aliphatic heterocycles. The van der Waals surface area contributed by atoms with Crippen molar-refractivity contribution < 1.29 is 15.0 Å². The van der Waals surface area contributed by atoms with Crippen LogP contribution in [0.25, 0.3) is 6.08 Å². The molecule has 0 unspecified atom stereocenters. The molecule has 13 heavy (non-hydrogen) atoms. The van der Waals surface area contributed by atoms with E-state index in [4.69, 9.17) is 21.8 Å². The van der Waals surface area contributed by atoms with E-state index in [1.807, 2.05) is 0 Å². The van der Waals surface area contributed by atoms with Gasteiger partial charge < -0.3 is 10.2 Å². The van der Waals surface area contributed by atoms with Crippen LogP contribution in [-0.2, 0) is 4.79 Å². The number of rotatable bonds is 2. The highest BCUT2D eigenvalue weighted by molar-refractivity contribution is 6.30. The Kier molecular flexibility index (Phi) is 2.93. The number of phenols is 1. The van der Waals surface area contributed by atoms with Gasteiger partial charge in [-0.15, -0.1) is 0 Å². The summed E-state index contributed by atoms with van der Waals surface area (Å²) < 4.78 is 0. The Morgan fingerprint density at radius 1 is 1.38 bits per heavy atom. The summed E-state index contributed by atoms with van der Waals surface area (Å²) >= 11 is 5.62. The fourth-order valence-corrected chi connectivity index (χ4v) is 1.10. The Balaban J connectivity index is 2.95. The molecule has 1 aromatic carbocycles. The lowest BCUT2D eigenvalue weighted by Crippen LogP contribution is -1.85. The van der Waals surface area contributed by atoms with Gasteiger partial charge in [-0.3, -0.25) is 0 Å². The number of aromatic hydroxyl groups is 1. The molecule has 0 saturated heterocycles. The van der Waals surface area contributed by atoms with Crippen molar-refractivity contribution in [1.29, 1.82) is 0 Å². The summed E-state index contributed by atoms with van der Waals surface area (Å²) in [4.78, 5) is 10.2. The van der Waals surface area contributed by atoms with E-state index in [-0.39, 0.29) is 5.75 Å². The van der Waals surface area contributed by atoms with Gasteiger partial charge in [0.05, 0.1) is 0 Å². The summed E-state index contributed by atoms with van der Waals surface area (Å²) in [5, 5.41) is 17.8. The molecule has 4 heteroatoms. The Labute approximate surface area is 79.9 Å². The molecule has 2 N–H and O–H groups in total. The van der Waals surface area contributed by atoms with Crippen molar-refractivity contribution in [2.75, 3.05) is 0 Å². The minimum absolute atomic E-state index is 0.0116. The lowest BCUT2D eigenvalue weighted by molar-refractivity contribution is -0.131. The summed E-state index contributed by atoms with van der Waals surface area (Å²) in [7, 11) is 0. The van der Waals surface area contributed by atoms with E-state index in [1.54, 1.807) is 6.07 Å². The first-order valence-corrected chi connectivity index (χ1v) is 3.86. The molecule has 0 bridgehead atoms. The molecule has 0 aliphatic carbocycles. The van der Waals surface area contributed by atoms with E-state index in [0.29, 0.717) is 10.6 Å². The molecule has 0 aliphatic rings. The second-order valence-electron chi connectivity index (χ2n) is 2.41. The normalized spacial score (nSPS) is 10.5. The smallest absolute Gasteiger partial charge is 0.328 e. The minimum atomic E-state index is -1.04. The van der Waals surface area contributed by atoms with Crippen LogP contribution in [0.5, 0.6) is 5.75 Å². The molecule has 0 radical (unpaired) electrons. The van der Waals surface area contributed by atoms with E-state index in [1.165, 1.54) is 18.2 Å². The Morgan fingerprint density at radius 3 is 2.62 bits per heavy atom. The second-order valence-corrected chi connectivity index (χ2v) is 2.85. The molecular weight excluding hydrogens is 192 g/mol. The third-order valence-electron chi connectivity index (χ3n) is 1.32. The number of carbonyl (C=O) groups is 1. The van der Waals surface area contributed by atoms with Gasteiger partial charge >= 0.3 is 5.97 Å². The monoisotopic (exact) mass is 198 g/mol. The number of carboxylic acids is 1. The molecular formula is C9H7ClO3. The van der Waals surface area contributed by atoms with E-state index in [9.17, 15) is 4.79 Å². The SMILES string of the molecule is O=C(O)C=Cc1cc(O)cc(Cl)c1. The number of hydrogen-bond acceptors (Lipinski definition) is 2. The summed E-state index contributed by atoms with van der Waals surface area (Å²) in [6.45, 7) is 0. The molecule has 3 nitrogen and oxygen atoms in total. The average molecular weight is 199 g/mol. The largest absolute Gasteiger partial charge is 0.508 e. The molecule has 0 amide bonds. The van der Waals surface area contributed by atoms with Crippen molar-refractivity contribution >= 4 is 23.6 Å².